The second kappa shape index (κ2) is 7.59. The molecule has 0 radical (unpaired) electrons. The van der Waals surface area contributed by atoms with Gasteiger partial charge in [0, 0.05) is 16.5 Å². The van der Waals surface area contributed by atoms with Gasteiger partial charge < -0.3 is 5.32 Å². The lowest BCUT2D eigenvalue weighted by molar-refractivity contribution is 0.102. The molecule has 2 aromatic carbocycles. The van der Waals surface area contributed by atoms with E-state index in [0.29, 0.717) is 5.56 Å². The van der Waals surface area contributed by atoms with Crippen molar-refractivity contribution in [2.45, 2.75) is 23.4 Å². The Balaban J connectivity index is 1.70. The maximum absolute atomic E-state index is 12.3. The molecule has 1 atom stereocenters. The minimum Gasteiger partial charge on any atom is -0.322 e. The molecule has 1 unspecified atom stereocenters. The number of aromatic nitrogens is 2. The van der Waals surface area contributed by atoms with Crippen LogP contribution in [0.1, 0.15) is 33.1 Å². The molecule has 4 nitrogen and oxygen atoms in total. The van der Waals surface area contributed by atoms with Crippen LogP contribution < -0.4 is 5.32 Å². The van der Waals surface area contributed by atoms with Crippen molar-refractivity contribution in [3.05, 3.63) is 70.7 Å². The summed E-state index contributed by atoms with van der Waals surface area (Å²) in [4.78, 5) is 12.3. The highest BCUT2D eigenvalue weighted by Gasteiger charge is 2.12. The van der Waals surface area contributed by atoms with E-state index in [4.69, 9.17) is 0 Å². The summed E-state index contributed by atoms with van der Waals surface area (Å²) in [5.74, 6) is -0.104. The fourth-order valence-electron chi connectivity index (χ4n) is 2.21. The van der Waals surface area contributed by atoms with Gasteiger partial charge in [-0.1, -0.05) is 53.4 Å². The number of hydrogen-bond acceptors (Lipinski definition) is 5. The molecule has 1 heterocycles. The molecule has 0 aliphatic heterocycles. The Morgan fingerprint density at radius 1 is 1.12 bits per heavy atom. The molecule has 3 rings (SSSR count). The molecule has 3 aromatic rings. The number of rotatable bonds is 5. The summed E-state index contributed by atoms with van der Waals surface area (Å²) in [6, 6.07) is 17.1. The van der Waals surface area contributed by atoms with Crippen LogP contribution in [0.5, 0.6) is 0 Å². The minimum absolute atomic E-state index is 0.104. The highest BCUT2D eigenvalue weighted by atomic mass is 32.2. The highest BCUT2D eigenvalue weighted by Crippen LogP contribution is 2.36. The van der Waals surface area contributed by atoms with Crippen molar-refractivity contribution in [2.75, 3.05) is 5.32 Å². The van der Waals surface area contributed by atoms with E-state index in [0.717, 1.165) is 20.6 Å². The van der Waals surface area contributed by atoms with Gasteiger partial charge in [0.2, 0.25) is 0 Å². The molecule has 6 heteroatoms. The van der Waals surface area contributed by atoms with Crippen LogP contribution >= 0.6 is 23.1 Å². The molecule has 0 aliphatic carbocycles. The summed E-state index contributed by atoms with van der Waals surface area (Å²) >= 11 is 3.27. The Labute approximate surface area is 149 Å². The Kier molecular flexibility index (Phi) is 5.27. The van der Waals surface area contributed by atoms with Gasteiger partial charge in [-0.3, -0.25) is 4.79 Å². The summed E-state index contributed by atoms with van der Waals surface area (Å²) in [6.07, 6.45) is 0. The predicted molar refractivity (Wildman–Crippen MR) is 99.8 cm³/mol. The van der Waals surface area contributed by atoms with Crippen molar-refractivity contribution in [2.24, 2.45) is 0 Å². The Morgan fingerprint density at radius 3 is 2.62 bits per heavy atom. The van der Waals surface area contributed by atoms with E-state index in [1.54, 1.807) is 35.2 Å². The van der Waals surface area contributed by atoms with Gasteiger partial charge in [0.05, 0.1) is 0 Å². The summed E-state index contributed by atoms with van der Waals surface area (Å²) in [6.45, 7) is 4.08. The third-order valence-corrected chi connectivity index (χ3v) is 5.52. The average molecular weight is 355 g/mol. The fourth-order valence-corrected chi connectivity index (χ4v) is 4.28. The van der Waals surface area contributed by atoms with Crippen molar-refractivity contribution < 1.29 is 4.79 Å². The van der Waals surface area contributed by atoms with Crippen molar-refractivity contribution in [3.63, 3.8) is 0 Å². The molecule has 1 aromatic heterocycles. The van der Waals surface area contributed by atoms with Gasteiger partial charge in [-0.05, 0) is 43.7 Å². The fraction of sp³-hybridized carbons (Fsp3) is 0.167. The smallest absolute Gasteiger partial charge is 0.255 e. The van der Waals surface area contributed by atoms with E-state index in [2.05, 4.69) is 28.5 Å². The van der Waals surface area contributed by atoms with E-state index in [9.17, 15) is 4.79 Å². The molecule has 0 aliphatic rings. The van der Waals surface area contributed by atoms with Crippen LogP contribution in [0.4, 0.5) is 5.69 Å². The maximum Gasteiger partial charge on any atom is 0.255 e. The number of amides is 1. The lowest BCUT2D eigenvalue weighted by Gasteiger charge is -2.12. The van der Waals surface area contributed by atoms with Crippen molar-refractivity contribution in [1.29, 1.82) is 0 Å². The first-order chi connectivity index (χ1) is 11.6. The first-order valence-electron chi connectivity index (χ1n) is 7.55. The van der Waals surface area contributed by atoms with Crippen LogP contribution in [-0.2, 0) is 0 Å². The average Bonchev–Trinajstić information content (AvgIpc) is 3.00. The van der Waals surface area contributed by atoms with E-state index in [-0.39, 0.29) is 11.2 Å². The summed E-state index contributed by atoms with van der Waals surface area (Å²) in [5.41, 5.74) is 2.58. The van der Waals surface area contributed by atoms with Crippen LogP contribution in [0.2, 0.25) is 0 Å². The largest absolute Gasteiger partial charge is 0.322 e. The zero-order valence-electron chi connectivity index (χ0n) is 13.4. The summed E-state index contributed by atoms with van der Waals surface area (Å²) < 4.78 is 0.957. The van der Waals surface area contributed by atoms with E-state index in [1.807, 2.05) is 43.3 Å². The van der Waals surface area contributed by atoms with Crippen LogP contribution in [0.25, 0.3) is 0 Å². The van der Waals surface area contributed by atoms with Crippen molar-refractivity contribution in [3.8, 4) is 0 Å². The van der Waals surface area contributed by atoms with Gasteiger partial charge in [0.1, 0.15) is 5.01 Å². The van der Waals surface area contributed by atoms with Gasteiger partial charge >= 0.3 is 0 Å². The van der Waals surface area contributed by atoms with Crippen LogP contribution in [0.15, 0.2) is 58.9 Å². The van der Waals surface area contributed by atoms with Crippen molar-refractivity contribution >= 4 is 34.7 Å². The van der Waals surface area contributed by atoms with Gasteiger partial charge in [0.15, 0.2) is 4.34 Å². The number of hydrogen-bond donors (Lipinski definition) is 1. The molecule has 0 saturated carbocycles. The molecule has 1 N–H and O–H groups in total. The molecule has 24 heavy (non-hydrogen) atoms. The van der Waals surface area contributed by atoms with Crippen LogP contribution in [0, 0.1) is 6.92 Å². The number of aryl methyl sites for hydroxylation is 1. The maximum atomic E-state index is 12.3. The monoisotopic (exact) mass is 355 g/mol. The highest BCUT2D eigenvalue weighted by molar-refractivity contribution is 8.01. The van der Waals surface area contributed by atoms with Crippen molar-refractivity contribution in [1.82, 2.24) is 10.2 Å². The van der Waals surface area contributed by atoms with E-state index in [1.165, 1.54) is 0 Å². The normalized spacial score (nSPS) is 11.9. The van der Waals surface area contributed by atoms with Crippen LogP contribution in [-0.4, -0.2) is 16.1 Å². The van der Waals surface area contributed by atoms with Gasteiger partial charge in [-0.25, -0.2) is 0 Å². The number of nitrogens with zero attached hydrogens (tertiary/aromatic N) is 2. The molecule has 1 amide bonds. The molecule has 0 bridgehead atoms. The minimum atomic E-state index is -0.104. The standard InChI is InChI=1S/C18H17N3OS2/c1-12(23-18-21-20-13(2)24-18)15-9-6-10-16(11-15)19-17(22)14-7-4-3-5-8-14/h3-12H,1-2H3,(H,19,22). The van der Waals surface area contributed by atoms with Gasteiger partial charge in [0.25, 0.3) is 5.91 Å². The summed E-state index contributed by atoms with van der Waals surface area (Å²) in [5, 5.41) is 12.3. The zero-order valence-corrected chi connectivity index (χ0v) is 15.0. The Morgan fingerprint density at radius 2 is 1.92 bits per heavy atom. The number of nitrogens with one attached hydrogen (secondary N) is 1. The third kappa shape index (κ3) is 4.21. The van der Waals surface area contributed by atoms with Gasteiger partial charge in [-0.15, -0.1) is 10.2 Å². The second-order valence-corrected chi connectivity index (χ2v) is 8.06. The SMILES string of the molecule is Cc1nnc(SC(C)c2cccc(NC(=O)c3ccccc3)c2)s1. The van der Waals surface area contributed by atoms with E-state index < -0.39 is 0 Å². The zero-order chi connectivity index (χ0) is 16.9. The quantitative estimate of drug-likeness (QED) is 0.658. The van der Waals surface area contributed by atoms with Gasteiger partial charge in [-0.2, -0.15) is 0 Å². The lowest BCUT2D eigenvalue weighted by Crippen LogP contribution is -2.11. The molecule has 0 saturated heterocycles. The topological polar surface area (TPSA) is 54.9 Å². The Bertz CT molecular complexity index is 833. The third-order valence-electron chi connectivity index (χ3n) is 3.43. The molecule has 0 fully saturated rings. The van der Waals surface area contributed by atoms with Crippen LogP contribution in [0.3, 0.4) is 0 Å². The number of thioether (sulfide) groups is 1. The number of benzene rings is 2. The lowest BCUT2D eigenvalue weighted by atomic mass is 10.1. The number of anilines is 1. The molecule has 122 valence electrons. The first kappa shape index (κ1) is 16.7. The molecular formula is C18H17N3OS2. The number of carbonyl (C=O) groups is 1. The van der Waals surface area contributed by atoms with E-state index >= 15 is 0 Å². The molecular weight excluding hydrogens is 338 g/mol. The number of carbonyl (C=O) groups excluding carboxylic acids is 1. The summed E-state index contributed by atoms with van der Waals surface area (Å²) in [7, 11) is 0. The molecule has 0 spiro atoms. The second-order valence-electron chi connectivity index (χ2n) is 5.29. The first-order valence-corrected chi connectivity index (χ1v) is 9.24. The Hall–Kier alpha value is -2.18. The predicted octanol–water partition coefficient (Wildman–Crippen LogP) is 4.95.